The lowest BCUT2D eigenvalue weighted by molar-refractivity contribution is -0.113. The molecule has 0 unspecified atom stereocenters. The Morgan fingerprint density at radius 3 is 2.38 bits per heavy atom. The quantitative estimate of drug-likeness (QED) is 0.515. The lowest BCUT2D eigenvalue weighted by Gasteiger charge is -2.12. The first-order valence-corrected chi connectivity index (χ1v) is 10.0. The highest BCUT2D eigenvalue weighted by Crippen LogP contribution is 2.37. The van der Waals surface area contributed by atoms with E-state index in [-0.39, 0.29) is 27.2 Å². The minimum atomic E-state index is -0.380. The van der Waals surface area contributed by atoms with Gasteiger partial charge in [-0.1, -0.05) is 60.4 Å². The summed E-state index contributed by atoms with van der Waals surface area (Å²) in [6.07, 6.45) is 1.59. The third-order valence-corrected chi connectivity index (χ3v) is 6.07. The van der Waals surface area contributed by atoms with E-state index in [1.54, 1.807) is 49.0 Å². The molecule has 1 aliphatic rings. The summed E-state index contributed by atoms with van der Waals surface area (Å²) >= 11 is 6.53. The van der Waals surface area contributed by atoms with Crippen LogP contribution in [0.4, 0.5) is 5.69 Å². The van der Waals surface area contributed by atoms with Crippen molar-refractivity contribution in [3.63, 3.8) is 0 Å². The van der Waals surface area contributed by atoms with Crippen molar-refractivity contribution in [2.75, 3.05) is 4.90 Å². The van der Waals surface area contributed by atoms with Gasteiger partial charge < -0.3 is 5.11 Å². The second kappa shape index (κ2) is 7.38. The first-order valence-electron chi connectivity index (χ1n) is 8.80. The van der Waals surface area contributed by atoms with E-state index in [1.165, 1.54) is 9.58 Å². The second-order valence-corrected chi connectivity index (χ2v) is 8.16. The van der Waals surface area contributed by atoms with Gasteiger partial charge in [0.15, 0.2) is 4.32 Å². The van der Waals surface area contributed by atoms with E-state index in [2.05, 4.69) is 0 Å². The number of carbonyl (C=O) groups excluding carboxylic acids is 1. The standard InChI is InChI=1S/C21H17N3O3S2/c1-13-18(20(27)24(22(13)2)15-9-4-3-5-10-15)23-19(26)17(29-21(23)28)12-14-8-6-7-11-16(14)25/h3-12,25H,1-2H3. The van der Waals surface area contributed by atoms with Gasteiger partial charge in [0.05, 0.1) is 16.3 Å². The predicted molar refractivity (Wildman–Crippen MR) is 120 cm³/mol. The van der Waals surface area contributed by atoms with Gasteiger partial charge in [-0.15, -0.1) is 0 Å². The number of carbonyl (C=O) groups is 1. The Balaban J connectivity index is 1.80. The van der Waals surface area contributed by atoms with Crippen molar-refractivity contribution in [3.8, 4) is 11.4 Å². The number of aromatic nitrogens is 2. The molecule has 0 radical (unpaired) electrons. The summed E-state index contributed by atoms with van der Waals surface area (Å²) in [5, 5.41) is 9.99. The molecule has 4 rings (SSSR count). The number of para-hydroxylation sites is 2. The Kier molecular flexibility index (Phi) is 4.89. The number of nitrogens with zero attached hydrogens (tertiary/aromatic N) is 3. The third kappa shape index (κ3) is 3.20. The molecule has 2 aromatic carbocycles. The van der Waals surface area contributed by atoms with Crippen molar-refractivity contribution in [1.82, 2.24) is 9.36 Å². The summed E-state index contributed by atoms with van der Waals surface area (Å²) in [5.74, 6) is -0.311. The van der Waals surface area contributed by atoms with Gasteiger partial charge in [0.2, 0.25) is 0 Å². The highest BCUT2D eigenvalue weighted by atomic mass is 32.2. The van der Waals surface area contributed by atoms with E-state index in [9.17, 15) is 14.7 Å². The predicted octanol–water partition coefficient (Wildman–Crippen LogP) is 3.60. The molecule has 8 heteroatoms. The maximum Gasteiger partial charge on any atom is 0.296 e. The zero-order chi connectivity index (χ0) is 20.7. The smallest absolute Gasteiger partial charge is 0.296 e. The normalized spacial score (nSPS) is 15.5. The first-order chi connectivity index (χ1) is 13.9. The molecule has 0 atom stereocenters. The Labute approximate surface area is 176 Å². The molecule has 1 fully saturated rings. The maximum atomic E-state index is 13.2. The first kappa shape index (κ1) is 19.2. The van der Waals surface area contributed by atoms with Crippen molar-refractivity contribution in [2.45, 2.75) is 6.92 Å². The molecule has 0 saturated carbocycles. The average Bonchev–Trinajstić information content (AvgIpc) is 3.10. The molecule has 1 saturated heterocycles. The number of benzene rings is 2. The fourth-order valence-corrected chi connectivity index (χ4v) is 4.48. The van der Waals surface area contributed by atoms with Crippen molar-refractivity contribution in [1.29, 1.82) is 0 Å². The summed E-state index contributed by atoms with van der Waals surface area (Å²) in [6, 6.07) is 15.9. The van der Waals surface area contributed by atoms with Crippen LogP contribution in [0.3, 0.4) is 0 Å². The molecular weight excluding hydrogens is 406 g/mol. The minimum Gasteiger partial charge on any atom is -0.507 e. The van der Waals surface area contributed by atoms with E-state index >= 15 is 0 Å². The highest BCUT2D eigenvalue weighted by Gasteiger charge is 2.37. The monoisotopic (exact) mass is 423 g/mol. The number of thioether (sulfide) groups is 1. The van der Waals surface area contributed by atoms with Crippen LogP contribution in [-0.2, 0) is 11.8 Å². The molecule has 2 heterocycles. The largest absolute Gasteiger partial charge is 0.507 e. The number of rotatable bonds is 3. The van der Waals surface area contributed by atoms with Gasteiger partial charge in [0.25, 0.3) is 11.5 Å². The molecule has 0 bridgehead atoms. The van der Waals surface area contributed by atoms with Gasteiger partial charge in [-0.05, 0) is 31.2 Å². The number of anilines is 1. The SMILES string of the molecule is Cc1c(N2C(=O)C(=Cc3ccccc3O)SC2=S)c(=O)n(-c2ccccc2)n1C. The lowest BCUT2D eigenvalue weighted by Crippen LogP contribution is -2.33. The Bertz CT molecular complexity index is 1230. The van der Waals surface area contributed by atoms with Gasteiger partial charge in [-0.25, -0.2) is 4.68 Å². The van der Waals surface area contributed by atoms with Crippen LogP contribution in [0.1, 0.15) is 11.3 Å². The molecule has 1 amide bonds. The summed E-state index contributed by atoms with van der Waals surface area (Å²) in [6.45, 7) is 1.78. The topological polar surface area (TPSA) is 67.5 Å². The van der Waals surface area contributed by atoms with E-state index in [0.29, 0.717) is 21.8 Å². The number of phenols is 1. The number of aromatic hydroxyl groups is 1. The van der Waals surface area contributed by atoms with Crippen LogP contribution in [0.5, 0.6) is 5.75 Å². The molecule has 1 aliphatic heterocycles. The lowest BCUT2D eigenvalue weighted by atomic mass is 10.2. The number of phenolic OH excluding ortho intramolecular Hbond substituents is 1. The molecule has 29 heavy (non-hydrogen) atoms. The van der Waals surface area contributed by atoms with Crippen molar-refractivity contribution in [2.24, 2.45) is 7.05 Å². The summed E-state index contributed by atoms with van der Waals surface area (Å²) in [7, 11) is 1.77. The molecule has 1 aromatic heterocycles. The van der Waals surface area contributed by atoms with E-state index < -0.39 is 0 Å². The van der Waals surface area contributed by atoms with E-state index in [1.807, 2.05) is 30.3 Å². The maximum absolute atomic E-state index is 13.2. The third-order valence-electron chi connectivity index (χ3n) is 4.76. The van der Waals surface area contributed by atoms with Gasteiger partial charge in [0, 0.05) is 12.6 Å². The van der Waals surface area contributed by atoms with Crippen LogP contribution in [0.25, 0.3) is 11.8 Å². The zero-order valence-electron chi connectivity index (χ0n) is 15.7. The fraction of sp³-hybridized carbons (Fsp3) is 0.0952. The molecule has 146 valence electrons. The highest BCUT2D eigenvalue weighted by molar-refractivity contribution is 8.27. The molecule has 0 aliphatic carbocycles. The average molecular weight is 424 g/mol. The summed E-state index contributed by atoms with van der Waals surface area (Å²) in [5.41, 5.74) is 1.75. The number of hydrogen-bond donors (Lipinski definition) is 1. The molecule has 3 aromatic rings. The molecular formula is C21H17N3O3S2. The molecule has 6 nitrogen and oxygen atoms in total. The number of thiocarbonyl (C=S) groups is 1. The van der Waals surface area contributed by atoms with Crippen molar-refractivity contribution >= 4 is 46.0 Å². The Hall–Kier alpha value is -3.10. The van der Waals surface area contributed by atoms with Crippen LogP contribution in [0, 0.1) is 6.92 Å². The van der Waals surface area contributed by atoms with Crippen LogP contribution >= 0.6 is 24.0 Å². The van der Waals surface area contributed by atoms with Gasteiger partial charge in [0.1, 0.15) is 11.4 Å². The van der Waals surface area contributed by atoms with Crippen molar-refractivity contribution < 1.29 is 9.90 Å². The van der Waals surface area contributed by atoms with Crippen LogP contribution in [0.2, 0.25) is 0 Å². The van der Waals surface area contributed by atoms with Gasteiger partial charge in [-0.2, -0.15) is 0 Å². The summed E-state index contributed by atoms with van der Waals surface area (Å²) < 4.78 is 3.50. The Morgan fingerprint density at radius 2 is 1.69 bits per heavy atom. The van der Waals surface area contributed by atoms with Crippen LogP contribution in [0.15, 0.2) is 64.3 Å². The zero-order valence-corrected chi connectivity index (χ0v) is 17.3. The van der Waals surface area contributed by atoms with E-state index in [0.717, 1.165) is 11.8 Å². The van der Waals surface area contributed by atoms with Crippen LogP contribution < -0.4 is 10.5 Å². The van der Waals surface area contributed by atoms with E-state index in [4.69, 9.17) is 12.2 Å². The number of hydrogen-bond acceptors (Lipinski definition) is 5. The van der Waals surface area contributed by atoms with Crippen LogP contribution in [-0.4, -0.2) is 24.7 Å². The Morgan fingerprint density at radius 1 is 1.03 bits per heavy atom. The minimum absolute atomic E-state index is 0.0695. The van der Waals surface area contributed by atoms with Gasteiger partial charge >= 0.3 is 0 Å². The summed E-state index contributed by atoms with van der Waals surface area (Å²) in [4.78, 5) is 28.0. The molecule has 1 N–H and O–H groups in total. The molecule has 0 spiro atoms. The van der Waals surface area contributed by atoms with Crippen molar-refractivity contribution in [3.05, 3.63) is 81.1 Å². The fourth-order valence-electron chi connectivity index (χ4n) is 3.22. The number of amides is 1. The second-order valence-electron chi connectivity index (χ2n) is 6.49. The van der Waals surface area contributed by atoms with Gasteiger partial charge in [-0.3, -0.25) is 19.2 Å².